The fourth-order valence-corrected chi connectivity index (χ4v) is 8.02. The molecule has 0 saturated heterocycles. The summed E-state index contributed by atoms with van der Waals surface area (Å²) in [4.78, 5) is 25.4. The van der Waals surface area contributed by atoms with E-state index in [4.69, 9.17) is 9.05 Å². The number of quaternary nitrogens is 1. The van der Waals surface area contributed by atoms with Crippen molar-refractivity contribution in [3.05, 3.63) is 60.8 Å². The average Bonchev–Trinajstić information content (AvgIpc) is 3.24. The van der Waals surface area contributed by atoms with Crippen molar-refractivity contribution in [2.75, 3.05) is 40.9 Å². The van der Waals surface area contributed by atoms with E-state index in [1.54, 1.807) is 6.08 Å². The van der Waals surface area contributed by atoms with Crippen LogP contribution in [0.4, 0.5) is 0 Å². The molecular formula is C54H101N2O6P. The van der Waals surface area contributed by atoms with Gasteiger partial charge in [0.15, 0.2) is 0 Å². The highest BCUT2D eigenvalue weighted by Crippen LogP contribution is 2.38. The number of nitrogens with one attached hydrogen (secondary N) is 1. The summed E-state index contributed by atoms with van der Waals surface area (Å²) in [5.41, 5.74) is 0. The van der Waals surface area contributed by atoms with Crippen molar-refractivity contribution in [3.8, 4) is 0 Å². The van der Waals surface area contributed by atoms with Crippen LogP contribution in [0.3, 0.4) is 0 Å². The second kappa shape index (κ2) is 45.4. The number of hydrogen-bond acceptors (Lipinski definition) is 6. The maximum absolute atomic E-state index is 12.9. The Morgan fingerprint density at radius 3 is 1.40 bits per heavy atom. The van der Waals surface area contributed by atoms with Crippen LogP contribution in [0, 0.1) is 0 Å². The van der Waals surface area contributed by atoms with E-state index < -0.39 is 26.6 Å². The van der Waals surface area contributed by atoms with E-state index in [2.05, 4.69) is 67.8 Å². The van der Waals surface area contributed by atoms with Crippen molar-refractivity contribution in [1.29, 1.82) is 0 Å². The third-order valence-corrected chi connectivity index (χ3v) is 12.4. The predicted octanol–water partition coefficient (Wildman–Crippen LogP) is 14.7. The molecule has 0 aliphatic carbocycles. The summed E-state index contributed by atoms with van der Waals surface area (Å²) in [5, 5.41) is 13.8. The van der Waals surface area contributed by atoms with Crippen LogP contribution < -0.4 is 10.2 Å². The predicted molar refractivity (Wildman–Crippen MR) is 270 cm³/mol. The molecule has 0 bridgehead atoms. The molecule has 3 unspecified atom stereocenters. The van der Waals surface area contributed by atoms with Gasteiger partial charge in [0.25, 0.3) is 7.82 Å². The minimum Gasteiger partial charge on any atom is -0.756 e. The highest BCUT2D eigenvalue weighted by molar-refractivity contribution is 7.45. The number of amides is 1. The SMILES string of the molecule is CCCCCCC/C=C\C/C=C\C/C=C\CCCCCCCCCCCCC(=O)NC(COP(=O)([O-])OCC[N+](C)(C)C)C(O)/C=C/CC/C=C/CCCCCCCCCCCC. The summed E-state index contributed by atoms with van der Waals surface area (Å²) >= 11 is 0. The Morgan fingerprint density at radius 1 is 0.556 bits per heavy atom. The van der Waals surface area contributed by atoms with E-state index in [-0.39, 0.29) is 12.5 Å². The number of nitrogens with zero attached hydrogens (tertiary/aromatic N) is 1. The van der Waals surface area contributed by atoms with E-state index in [0.717, 1.165) is 51.4 Å². The minimum atomic E-state index is -4.60. The summed E-state index contributed by atoms with van der Waals surface area (Å²) < 4.78 is 23.3. The van der Waals surface area contributed by atoms with Gasteiger partial charge in [-0.15, -0.1) is 0 Å². The van der Waals surface area contributed by atoms with Crippen LogP contribution in [0.25, 0.3) is 0 Å². The smallest absolute Gasteiger partial charge is 0.268 e. The largest absolute Gasteiger partial charge is 0.756 e. The average molecular weight is 905 g/mol. The molecule has 1 amide bonds. The van der Waals surface area contributed by atoms with Crippen LogP contribution in [0.15, 0.2) is 60.8 Å². The molecule has 3 atom stereocenters. The molecule has 0 aromatic heterocycles. The fraction of sp³-hybridized carbons (Fsp3) is 0.796. The van der Waals surface area contributed by atoms with Gasteiger partial charge in [0.05, 0.1) is 39.9 Å². The Morgan fingerprint density at radius 2 is 0.937 bits per heavy atom. The number of carbonyl (C=O) groups excluding carboxylic acids is 1. The van der Waals surface area contributed by atoms with E-state index in [9.17, 15) is 19.4 Å². The van der Waals surface area contributed by atoms with Gasteiger partial charge in [0.2, 0.25) is 5.91 Å². The molecule has 0 saturated carbocycles. The molecular weight excluding hydrogens is 804 g/mol. The molecule has 0 aromatic carbocycles. The van der Waals surface area contributed by atoms with Gasteiger partial charge in [0.1, 0.15) is 13.2 Å². The van der Waals surface area contributed by atoms with E-state index >= 15 is 0 Å². The molecule has 0 aromatic rings. The lowest BCUT2D eigenvalue weighted by Crippen LogP contribution is -2.45. The molecule has 0 spiro atoms. The number of aliphatic hydroxyl groups excluding tert-OH is 1. The van der Waals surface area contributed by atoms with Gasteiger partial charge in [0, 0.05) is 6.42 Å². The molecule has 2 N–H and O–H groups in total. The summed E-state index contributed by atoms with van der Waals surface area (Å²) in [7, 11) is 1.24. The normalized spacial score (nSPS) is 14.6. The summed E-state index contributed by atoms with van der Waals surface area (Å²) in [5.74, 6) is -0.213. The zero-order valence-electron chi connectivity index (χ0n) is 41.8. The van der Waals surface area contributed by atoms with Crippen LogP contribution >= 0.6 is 7.82 Å². The first kappa shape index (κ1) is 61.2. The van der Waals surface area contributed by atoms with Crippen LogP contribution in [-0.4, -0.2) is 68.5 Å². The second-order valence-electron chi connectivity index (χ2n) is 18.9. The Labute approximate surface area is 390 Å². The standard InChI is InChI=1S/C54H101N2O6P/c1-6-8-10-12-14-16-18-20-22-24-25-26-27-28-29-30-31-32-34-36-38-40-42-44-46-48-54(58)55-52(51-62-63(59,60)61-50-49-56(3,4)5)53(57)47-45-43-41-39-37-35-33-23-21-19-17-15-13-11-9-7-2/h18,20,24-25,27-28,37,39,45,47,52-53,57H,6-17,19,21-23,26,29-36,38,40-44,46,48-51H2,1-5H3,(H-,55,58,59,60)/b20-18-,25-24-,28-27-,39-37+,47-45+. The molecule has 8 nitrogen and oxygen atoms in total. The van der Waals surface area contributed by atoms with Gasteiger partial charge in [-0.1, -0.05) is 209 Å². The molecule has 368 valence electrons. The number of rotatable bonds is 47. The number of hydrogen-bond donors (Lipinski definition) is 2. The van der Waals surface area contributed by atoms with Crippen LogP contribution in [0.2, 0.25) is 0 Å². The zero-order valence-corrected chi connectivity index (χ0v) is 42.7. The highest BCUT2D eigenvalue weighted by atomic mass is 31.2. The molecule has 0 heterocycles. The monoisotopic (exact) mass is 905 g/mol. The Balaban J connectivity index is 4.31. The quantitative estimate of drug-likeness (QED) is 0.0273. The Kier molecular flexibility index (Phi) is 44.1. The third-order valence-electron chi connectivity index (χ3n) is 11.4. The molecule has 0 fully saturated rings. The van der Waals surface area contributed by atoms with Gasteiger partial charge < -0.3 is 28.8 Å². The van der Waals surface area contributed by atoms with Crippen LogP contribution in [0.1, 0.15) is 226 Å². The van der Waals surface area contributed by atoms with Crippen molar-refractivity contribution in [1.82, 2.24) is 5.32 Å². The zero-order chi connectivity index (χ0) is 46.4. The van der Waals surface area contributed by atoms with Gasteiger partial charge in [-0.05, 0) is 70.6 Å². The van der Waals surface area contributed by atoms with E-state index in [1.165, 1.54) is 154 Å². The molecule has 0 radical (unpaired) electrons. The number of phosphoric acid groups is 1. The number of phosphoric ester groups is 1. The third kappa shape index (κ3) is 48.0. The first-order chi connectivity index (χ1) is 30.5. The van der Waals surface area contributed by atoms with Crippen molar-refractivity contribution in [2.45, 2.75) is 238 Å². The topological polar surface area (TPSA) is 108 Å². The summed E-state index contributed by atoms with van der Waals surface area (Å²) in [6, 6.07) is -0.907. The van der Waals surface area contributed by atoms with Crippen molar-refractivity contribution >= 4 is 13.7 Å². The lowest BCUT2D eigenvalue weighted by molar-refractivity contribution is -0.870. The number of allylic oxidation sites excluding steroid dienone is 9. The molecule has 9 heteroatoms. The number of likely N-dealkylation sites (N-methyl/N-ethyl adjacent to an activating group) is 1. The summed E-state index contributed by atoms with van der Waals surface area (Å²) in [6.07, 6.45) is 59.9. The van der Waals surface area contributed by atoms with Gasteiger partial charge in [-0.25, -0.2) is 0 Å². The lowest BCUT2D eigenvalue weighted by atomic mass is 10.0. The molecule has 63 heavy (non-hydrogen) atoms. The fourth-order valence-electron chi connectivity index (χ4n) is 7.29. The van der Waals surface area contributed by atoms with Crippen LogP contribution in [0.5, 0.6) is 0 Å². The number of unbranched alkanes of at least 4 members (excludes halogenated alkanes) is 26. The number of aliphatic hydroxyl groups is 1. The van der Waals surface area contributed by atoms with Gasteiger partial charge in [-0.3, -0.25) is 9.36 Å². The first-order valence-corrected chi connectivity index (χ1v) is 27.6. The van der Waals surface area contributed by atoms with Gasteiger partial charge >= 0.3 is 0 Å². The molecule has 0 aliphatic heterocycles. The van der Waals surface area contributed by atoms with Crippen LogP contribution in [-0.2, 0) is 18.4 Å². The van der Waals surface area contributed by atoms with E-state index in [1.807, 2.05) is 27.2 Å². The first-order valence-electron chi connectivity index (χ1n) is 26.2. The Bertz CT molecular complexity index is 1210. The summed E-state index contributed by atoms with van der Waals surface area (Å²) in [6.45, 7) is 4.61. The number of carbonyl (C=O) groups is 1. The van der Waals surface area contributed by atoms with Gasteiger partial charge in [-0.2, -0.15) is 0 Å². The van der Waals surface area contributed by atoms with Crippen molar-refractivity contribution < 1.29 is 32.9 Å². The maximum atomic E-state index is 12.9. The van der Waals surface area contributed by atoms with Crippen molar-refractivity contribution in [2.24, 2.45) is 0 Å². The molecule has 0 rings (SSSR count). The minimum absolute atomic E-state index is 0.00907. The lowest BCUT2D eigenvalue weighted by Gasteiger charge is -2.29. The Hall–Kier alpha value is -1.80. The van der Waals surface area contributed by atoms with Crippen molar-refractivity contribution in [3.63, 3.8) is 0 Å². The molecule has 0 aliphatic rings. The second-order valence-corrected chi connectivity index (χ2v) is 20.3. The maximum Gasteiger partial charge on any atom is 0.268 e. The highest BCUT2D eigenvalue weighted by Gasteiger charge is 2.23. The van der Waals surface area contributed by atoms with E-state index in [0.29, 0.717) is 17.4 Å².